The van der Waals surface area contributed by atoms with Crippen molar-refractivity contribution in [1.29, 1.82) is 0 Å². The summed E-state index contributed by atoms with van der Waals surface area (Å²) in [6.45, 7) is 10.4. The monoisotopic (exact) mass is 434 g/mol. The van der Waals surface area contributed by atoms with Gasteiger partial charge >= 0.3 is 0 Å². The molecule has 0 radical (unpaired) electrons. The number of hydrogen-bond donors (Lipinski definition) is 2. The number of rotatable bonds is 6. The molecule has 2 fully saturated rings. The van der Waals surface area contributed by atoms with Crippen molar-refractivity contribution in [3.8, 4) is 11.5 Å². The number of piperidine rings is 2. The lowest BCUT2D eigenvalue weighted by Gasteiger charge is -2.27. The highest BCUT2D eigenvalue weighted by Gasteiger charge is 2.16. The molecule has 2 aromatic rings. The van der Waals surface area contributed by atoms with Crippen LogP contribution in [-0.4, -0.2) is 46.2 Å². The molecular weight excluding hydrogens is 396 g/mol. The van der Waals surface area contributed by atoms with Crippen LogP contribution in [0.1, 0.15) is 74.6 Å². The minimum absolute atomic E-state index is 0.387. The molecule has 2 heterocycles. The SMILES string of the molecule is C/C(=C(\C)c1ccc(O)c(CN2CCCCC2)c1)c1ccc(O)c(CN2CCCCC2)c1. The van der Waals surface area contributed by atoms with E-state index in [2.05, 4.69) is 35.8 Å². The first kappa shape index (κ1) is 22.9. The maximum atomic E-state index is 10.5. The number of hydrogen-bond acceptors (Lipinski definition) is 4. The van der Waals surface area contributed by atoms with E-state index in [-0.39, 0.29) is 0 Å². The van der Waals surface area contributed by atoms with E-state index in [1.807, 2.05) is 24.3 Å². The normalized spacial score (nSPS) is 19.1. The summed E-state index contributed by atoms with van der Waals surface area (Å²) < 4.78 is 0. The quantitative estimate of drug-likeness (QED) is 0.546. The van der Waals surface area contributed by atoms with Crippen LogP contribution in [-0.2, 0) is 13.1 Å². The van der Waals surface area contributed by atoms with Crippen molar-refractivity contribution in [3.63, 3.8) is 0 Å². The highest BCUT2D eigenvalue weighted by molar-refractivity contribution is 5.89. The standard InChI is InChI=1S/C28H38N2O2/c1-21(23-9-11-27(31)25(17-23)19-29-13-5-3-6-14-29)22(2)24-10-12-28(32)26(18-24)20-30-15-7-4-8-16-30/h9-12,17-18,31-32H,3-8,13-16,19-20H2,1-2H3/b22-21-. The van der Waals surface area contributed by atoms with E-state index in [1.165, 1.54) is 49.7 Å². The molecule has 2 aliphatic heterocycles. The van der Waals surface area contributed by atoms with E-state index in [4.69, 9.17) is 0 Å². The van der Waals surface area contributed by atoms with Gasteiger partial charge in [-0.25, -0.2) is 0 Å². The minimum Gasteiger partial charge on any atom is -0.508 e. The molecule has 2 saturated heterocycles. The fourth-order valence-corrected chi connectivity index (χ4v) is 5.04. The van der Waals surface area contributed by atoms with Crippen LogP contribution in [0, 0.1) is 0 Å². The van der Waals surface area contributed by atoms with E-state index >= 15 is 0 Å². The molecule has 2 aromatic carbocycles. The zero-order valence-electron chi connectivity index (χ0n) is 19.7. The first-order valence-corrected chi connectivity index (χ1v) is 12.3. The lowest BCUT2D eigenvalue weighted by molar-refractivity contribution is 0.218. The van der Waals surface area contributed by atoms with Crippen LogP contribution in [0.3, 0.4) is 0 Å². The van der Waals surface area contributed by atoms with Gasteiger partial charge in [-0.3, -0.25) is 9.80 Å². The molecule has 0 aliphatic carbocycles. The molecule has 0 unspecified atom stereocenters. The zero-order chi connectivity index (χ0) is 22.5. The highest BCUT2D eigenvalue weighted by atomic mass is 16.3. The van der Waals surface area contributed by atoms with E-state index < -0.39 is 0 Å². The summed E-state index contributed by atoms with van der Waals surface area (Å²) >= 11 is 0. The molecule has 0 spiro atoms. The van der Waals surface area contributed by atoms with Crippen LogP contribution in [0.15, 0.2) is 36.4 Å². The minimum atomic E-state index is 0.387. The molecule has 4 nitrogen and oxygen atoms in total. The second-order valence-corrected chi connectivity index (χ2v) is 9.61. The van der Waals surface area contributed by atoms with Gasteiger partial charge in [-0.15, -0.1) is 0 Å². The van der Waals surface area contributed by atoms with Crippen molar-refractivity contribution >= 4 is 11.1 Å². The Morgan fingerprint density at radius 3 is 1.38 bits per heavy atom. The summed E-state index contributed by atoms with van der Waals surface area (Å²) in [5.74, 6) is 0.774. The Hall–Kier alpha value is -2.30. The second kappa shape index (κ2) is 10.5. The van der Waals surface area contributed by atoms with Gasteiger partial charge in [0.05, 0.1) is 0 Å². The third kappa shape index (κ3) is 5.54. The Balaban J connectivity index is 1.56. The van der Waals surface area contributed by atoms with E-state index in [1.54, 1.807) is 0 Å². The van der Waals surface area contributed by atoms with Crippen LogP contribution in [0.5, 0.6) is 11.5 Å². The van der Waals surface area contributed by atoms with Crippen molar-refractivity contribution < 1.29 is 10.2 Å². The third-order valence-corrected chi connectivity index (χ3v) is 7.27. The Morgan fingerprint density at radius 1 is 0.625 bits per heavy atom. The summed E-state index contributed by atoms with van der Waals surface area (Å²) in [6, 6.07) is 12.0. The van der Waals surface area contributed by atoms with E-state index in [0.717, 1.165) is 61.5 Å². The highest BCUT2D eigenvalue weighted by Crippen LogP contribution is 2.32. The predicted octanol–water partition coefficient (Wildman–Crippen LogP) is 6.02. The molecule has 0 amide bonds. The Bertz CT molecular complexity index is 876. The summed E-state index contributed by atoms with van der Waals surface area (Å²) in [4.78, 5) is 4.89. The average molecular weight is 435 g/mol. The van der Waals surface area contributed by atoms with Crippen molar-refractivity contribution in [2.45, 2.75) is 65.5 Å². The number of aromatic hydroxyl groups is 2. The Labute approximate surface area is 193 Å². The van der Waals surface area contributed by atoms with Gasteiger partial charge in [0.2, 0.25) is 0 Å². The molecule has 0 saturated carbocycles. The first-order chi connectivity index (χ1) is 15.5. The van der Waals surface area contributed by atoms with E-state index in [0.29, 0.717) is 11.5 Å². The van der Waals surface area contributed by atoms with Gasteiger partial charge in [0.15, 0.2) is 0 Å². The lowest BCUT2D eigenvalue weighted by Crippen LogP contribution is -2.29. The lowest BCUT2D eigenvalue weighted by atomic mass is 9.94. The van der Waals surface area contributed by atoms with Crippen LogP contribution < -0.4 is 0 Å². The van der Waals surface area contributed by atoms with Crippen LogP contribution in [0.25, 0.3) is 11.1 Å². The largest absolute Gasteiger partial charge is 0.508 e. The number of benzene rings is 2. The molecule has 32 heavy (non-hydrogen) atoms. The number of phenolic OH excluding ortho intramolecular Hbond substituents is 2. The Kier molecular flexibility index (Phi) is 7.54. The zero-order valence-corrected chi connectivity index (χ0v) is 19.7. The maximum absolute atomic E-state index is 10.5. The topological polar surface area (TPSA) is 46.9 Å². The van der Waals surface area contributed by atoms with Gasteiger partial charge in [-0.05, 0) is 112 Å². The molecule has 0 atom stereocenters. The molecule has 172 valence electrons. The number of nitrogens with zero attached hydrogens (tertiary/aromatic N) is 2. The van der Waals surface area contributed by atoms with E-state index in [9.17, 15) is 10.2 Å². The van der Waals surface area contributed by atoms with Gasteiger partial charge in [0.25, 0.3) is 0 Å². The van der Waals surface area contributed by atoms with Crippen molar-refractivity contribution in [2.75, 3.05) is 26.2 Å². The number of likely N-dealkylation sites (tertiary alicyclic amines) is 2. The third-order valence-electron chi connectivity index (χ3n) is 7.27. The smallest absolute Gasteiger partial charge is 0.120 e. The van der Waals surface area contributed by atoms with Gasteiger partial charge in [0, 0.05) is 24.2 Å². The molecule has 0 bridgehead atoms. The summed E-state index contributed by atoms with van der Waals surface area (Å²) in [6.07, 6.45) is 7.63. The molecular formula is C28H38N2O2. The van der Waals surface area contributed by atoms with Gasteiger partial charge in [0.1, 0.15) is 11.5 Å². The van der Waals surface area contributed by atoms with Gasteiger partial charge in [-0.2, -0.15) is 0 Å². The van der Waals surface area contributed by atoms with Crippen LogP contribution in [0.4, 0.5) is 0 Å². The van der Waals surface area contributed by atoms with Gasteiger partial charge in [-0.1, -0.05) is 25.0 Å². The van der Waals surface area contributed by atoms with Crippen molar-refractivity contribution in [1.82, 2.24) is 9.80 Å². The number of phenols is 2. The average Bonchev–Trinajstić information content (AvgIpc) is 2.82. The maximum Gasteiger partial charge on any atom is 0.120 e. The fourth-order valence-electron chi connectivity index (χ4n) is 5.04. The Morgan fingerprint density at radius 2 is 1.00 bits per heavy atom. The fraction of sp³-hybridized carbons (Fsp3) is 0.500. The molecule has 2 N–H and O–H groups in total. The molecule has 4 heteroatoms. The van der Waals surface area contributed by atoms with Crippen LogP contribution in [0.2, 0.25) is 0 Å². The molecule has 2 aliphatic rings. The summed E-state index contributed by atoms with van der Waals surface area (Å²) in [7, 11) is 0. The summed E-state index contributed by atoms with van der Waals surface area (Å²) in [5, 5.41) is 20.9. The van der Waals surface area contributed by atoms with Crippen molar-refractivity contribution in [2.24, 2.45) is 0 Å². The van der Waals surface area contributed by atoms with Crippen molar-refractivity contribution in [3.05, 3.63) is 58.7 Å². The predicted molar refractivity (Wildman–Crippen MR) is 133 cm³/mol. The molecule has 4 rings (SSSR count). The first-order valence-electron chi connectivity index (χ1n) is 12.3. The molecule has 0 aromatic heterocycles. The number of allylic oxidation sites excluding steroid dienone is 2. The second-order valence-electron chi connectivity index (χ2n) is 9.61. The summed E-state index contributed by atoms with van der Waals surface area (Å²) in [5.41, 5.74) is 6.73. The van der Waals surface area contributed by atoms with Crippen LogP contribution >= 0.6 is 0 Å². The van der Waals surface area contributed by atoms with Gasteiger partial charge < -0.3 is 10.2 Å².